The summed E-state index contributed by atoms with van der Waals surface area (Å²) in [5, 5.41) is 1.19. The van der Waals surface area contributed by atoms with Crippen LogP contribution in [0.4, 0.5) is 0 Å². The Kier molecular flexibility index (Phi) is 5.18. The van der Waals surface area contributed by atoms with Crippen LogP contribution in [0, 0.1) is 6.92 Å². The fourth-order valence-electron chi connectivity index (χ4n) is 2.35. The number of thiazole rings is 1. The molecular weight excluding hydrogens is 409 g/mol. The third-order valence-electron chi connectivity index (χ3n) is 3.35. The van der Waals surface area contributed by atoms with Gasteiger partial charge in [-0.2, -0.15) is 4.57 Å². The molecule has 114 valence electrons. The number of carbonyl (C=O) groups excluding carboxylic acids is 1. The van der Waals surface area contributed by atoms with Gasteiger partial charge in [0.2, 0.25) is 5.52 Å². The van der Waals surface area contributed by atoms with Crippen molar-refractivity contribution in [2.24, 2.45) is 7.05 Å². The lowest BCUT2D eigenvalue weighted by molar-refractivity contribution is -0.629. The topological polar surface area (TPSA) is 30.2 Å². The molecule has 22 heavy (non-hydrogen) atoms. The molecule has 0 fully saturated rings. The number of hydrogen-bond acceptors (Lipinski definition) is 3. The Bertz CT molecular complexity index is 825. The minimum absolute atomic E-state index is 0. The zero-order valence-electron chi connectivity index (χ0n) is 12.6. The molecule has 0 N–H and O–H groups in total. The first-order chi connectivity index (χ1) is 10.0. The average Bonchev–Trinajstić information content (AvgIpc) is 2.75. The maximum Gasteiger partial charge on any atom is 0.308 e. The number of rotatable bonds is 2. The highest BCUT2D eigenvalue weighted by molar-refractivity contribution is 7.21. The summed E-state index contributed by atoms with van der Waals surface area (Å²) in [7, 11) is 2.07. The van der Waals surface area contributed by atoms with E-state index in [0.717, 1.165) is 5.56 Å². The molecule has 3 aromatic rings. The van der Waals surface area contributed by atoms with Gasteiger partial charge in [0.25, 0.3) is 5.01 Å². The van der Waals surface area contributed by atoms with Crippen LogP contribution in [0.1, 0.15) is 12.5 Å². The summed E-state index contributed by atoms with van der Waals surface area (Å²) in [4.78, 5) is 10.9. The number of nitrogens with zero attached hydrogens (tertiary/aromatic N) is 1. The van der Waals surface area contributed by atoms with E-state index in [0.29, 0.717) is 5.75 Å². The molecule has 5 heteroatoms. The van der Waals surface area contributed by atoms with Crippen LogP contribution in [0.15, 0.2) is 42.5 Å². The first-order valence-electron chi connectivity index (χ1n) is 6.72. The summed E-state index contributed by atoms with van der Waals surface area (Å²) in [5.74, 6) is 0.275. The number of carbonyl (C=O) groups is 1. The minimum atomic E-state index is -0.300. The summed E-state index contributed by atoms with van der Waals surface area (Å²) >= 11 is 1.77. The molecule has 3 rings (SSSR count). The standard InChI is InChI=1S/C17H16NO2S.HI/c1-11-4-9-15-16(10-11)21-17(18(15)3)13-5-7-14(8-6-13)20-12(2)19;/h4-10H,1-3H3;1H/q+1;/p-1. The van der Waals surface area contributed by atoms with Crippen LogP contribution in [0.3, 0.4) is 0 Å². The highest BCUT2D eigenvalue weighted by atomic mass is 127. The van der Waals surface area contributed by atoms with Crippen LogP contribution in [0.5, 0.6) is 5.75 Å². The fraction of sp³-hybridized carbons (Fsp3) is 0.176. The Labute approximate surface area is 150 Å². The second kappa shape index (κ2) is 6.75. The van der Waals surface area contributed by atoms with Crippen molar-refractivity contribution >= 4 is 27.5 Å². The van der Waals surface area contributed by atoms with E-state index in [-0.39, 0.29) is 29.9 Å². The summed E-state index contributed by atoms with van der Waals surface area (Å²) in [6, 6.07) is 14.1. The lowest BCUT2D eigenvalue weighted by atomic mass is 10.2. The van der Waals surface area contributed by atoms with E-state index in [4.69, 9.17) is 4.74 Å². The number of aromatic nitrogens is 1. The normalized spacial score (nSPS) is 10.3. The van der Waals surface area contributed by atoms with Crippen LogP contribution in [0.2, 0.25) is 0 Å². The Balaban J connectivity index is 0.00000176. The van der Waals surface area contributed by atoms with Gasteiger partial charge in [-0.25, -0.2) is 0 Å². The van der Waals surface area contributed by atoms with Crippen molar-refractivity contribution in [1.29, 1.82) is 0 Å². The predicted octanol–water partition coefficient (Wildman–Crippen LogP) is 0.631. The van der Waals surface area contributed by atoms with Crippen molar-refractivity contribution in [1.82, 2.24) is 0 Å². The van der Waals surface area contributed by atoms with Crippen LogP contribution in [-0.4, -0.2) is 5.97 Å². The Hall–Kier alpha value is -1.47. The quantitative estimate of drug-likeness (QED) is 0.261. The van der Waals surface area contributed by atoms with Crippen molar-refractivity contribution in [3.8, 4) is 16.3 Å². The lowest BCUT2D eigenvalue weighted by Gasteiger charge is -2.01. The molecule has 0 amide bonds. The highest BCUT2D eigenvalue weighted by Crippen LogP contribution is 2.29. The molecule has 1 heterocycles. The molecule has 0 atom stereocenters. The Morgan fingerprint density at radius 1 is 1.14 bits per heavy atom. The smallest absolute Gasteiger partial charge is 0.308 e. The molecule has 2 aromatic carbocycles. The SMILES string of the molecule is CC(=O)Oc1ccc(-c2sc3cc(C)ccc3[n+]2C)cc1.[I-]. The van der Waals surface area contributed by atoms with Gasteiger partial charge in [0.15, 0.2) is 0 Å². The Morgan fingerprint density at radius 3 is 2.45 bits per heavy atom. The van der Waals surface area contributed by atoms with E-state index in [1.165, 1.54) is 27.7 Å². The van der Waals surface area contributed by atoms with Crippen molar-refractivity contribution in [2.45, 2.75) is 13.8 Å². The molecule has 0 aliphatic heterocycles. The molecule has 0 aliphatic rings. The highest BCUT2D eigenvalue weighted by Gasteiger charge is 2.18. The number of ether oxygens (including phenoxy) is 1. The molecule has 3 nitrogen and oxygen atoms in total. The van der Waals surface area contributed by atoms with Gasteiger partial charge in [0.1, 0.15) is 17.5 Å². The van der Waals surface area contributed by atoms with E-state index in [1.807, 2.05) is 24.3 Å². The number of aryl methyl sites for hydroxylation is 2. The monoisotopic (exact) mass is 425 g/mol. The maximum atomic E-state index is 10.9. The number of hydrogen-bond donors (Lipinski definition) is 0. The molecule has 1 aromatic heterocycles. The van der Waals surface area contributed by atoms with Crippen LogP contribution >= 0.6 is 11.3 Å². The van der Waals surface area contributed by atoms with Gasteiger partial charge >= 0.3 is 5.97 Å². The van der Waals surface area contributed by atoms with Crippen molar-refractivity contribution in [3.63, 3.8) is 0 Å². The van der Waals surface area contributed by atoms with E-state index >= 15 is 0 Å². The zero-order valence-corrected chi connectivity index (χ0v) is 15.6. The first kappa shape index (κ1) is 16.9. The summed E-state index contributed by atoms with van der Waals surface area (Å²) in [6.07, 6.45) is 0. The van der Waals surface area contributed by atoms with Gasteiger partial charge in [-0.05, 0) is 42.8 Å². The predicted molar refractivity (Wildman–Crippen MR) is 84.5 cm³/mol. The van der Waals surface area contributed by atoms with Crippen molar-refractivity contribution in [2.75, 3.05) is 0 Å². The van der Waals surface area contributed by atoms with Crippen molar-refractivity contribution in [3.05, 3.63) is 48.0 Å². The van der Waals surface area contributed by atoms with E-state index in [1.54, 1.807) is 11.3 Å². The first-order valence-corrected chi connectivity index (χ1v) is 7.54. The van der Waals surface area contributed by atoms with Gasteiger partial charge in [0.05, 0.1) is 5.56 Å². The van der Waals surface area contributed by atoms with Crippen LogP contribution in [-0.2, 0) is 11.8 Å². The minimum Gasteiger partial charge on any atom is -1.00 e. The number of halogens is 1. The summed E-state index contributed by atoms with van der Waals surface area (Å²) in [6.45, 7) is 3.51. The number of fused-ring (bicyclic) bond motifs is 1. The number of benzene rings is 2. The summed E-state index contributed by atoms with van der Waals surface area (Å²) < 4.78 is 8.54. The third-order valence-corrected chi connectivity index (χ3v) is 4.60. The molecule has 0 radical (unpaired) electrons. The lowest BCUT2D eigenvalue weighted by Crippen LogP contribution is -3.00. The summed E-state index contributed by atoms with van der Waals surface area (Å²) in [5.41, 5.74) is 3.61. The second-order valence-electron chi connectivity index (χ2n) is 5.06. The number of esters is 1. The molecule has 0 aliphatic carbocycles. The zero-order chi connectivity index (χ0) is 15.0. The van der Waals surface area contributed by atoms with Gasteiger partial charge in [0, 0.05) is 13.0 Å². The van der Waals surface area contributed by atoms with Crippen molar-refractivity contribution < 1.29 is 38.1 Å². The average molecular weight is 425 g/mol. The molecule has 0 spiro atoms. The molecule has 0 bridgehead atoms. The largest absolute Gasteiger partial charge is 1.00 e. The molecular formula is C17H16INO2S. The van der Waals surface area contributed by atoms with Crippen LogP contribution in [0.25, 0.3) is 20.8 Å². The fourth-order valence-corrected chi connectivity index (χ4v) is 3.60. The molecule has 0 saturated carbocycles. The molecule has 0 saturated heterocycles. The van der Waals surface area contributed by atoms with Gasteiger partial charge in [-0.3, -0.25) is 4.79 Å². The van der Waals surface area contributed by atoms with Gasteiger partial charge < -0.3 is 28.7 Å². The maximum absolute atomic E-state index is 10.9. The van der Waals surface area contributed by atoms with Gasteiger partial charge in [-0.1, -0.05) is 17.4 Å². The molecule has 0 unspecified atom stereocenters. The van der Waals surface area contributed by atoms with Crippen LogP contribution < -0.4 is 33.3 Å². The second-order valence-corrected chi connectivity index (χ2v) is 6.09. The van der Waals surface area contributed by atoms with E-state index in [2.05, 4.69) is 36.7 Å². The van der Waals surface area contributed by atoms with Gasteiger partial charge in [-0.15, -0.1) is 0 Å². The van der Waals surface area contributed by atoms with E-state index in [9.17, 15) is 4.79 Å². The Morgan fingerprint density at radius 2 is 1.82 bits per heavy atom. The third kappa shape index (κ3) is 3.30. The van der Waals surface area contributed by atoms with E-state index < -0.39 is 0 Å².